The number of aromatic nitrogens is 1. The SMILES string of the molecule is CC[C@H]1OC(=O)[C@H](C)[C@@H](O)[C@H](C)[C@@H](O[C@@H]2O[C@H](C)C[C@H](N(C)C)[C@H]2O)[C@](C)(OC)C[C@@H](C)CC(C)[C@@H](CCOC(=O)c2ccnc3ccccc23)[C@]1(C)O. The highest BCUT2D eigenvalue weighted by Gasteiger charge is 2.50. The summed E-state index contributed by atoms with van der Waals surface area (Å²) in [5, 5.41) is 36.3. The maximum Gasteiger partial charge on any atom is 0.338 e. The molecule has 12 heteroatoms. The first-order valence-corrected chi connectivity index (χ1v) is 19.7. The molecule has 1 unspecified atom stereocenters. The fraction of sp³-hybridized carbons (Fsp3) is 0.738. The Morgan fingerprint density at radius 1 is 1.04 bits per heavy atom. The number of aliphatic hydroxyl groups is 3. The van der Waals surface area contributed by atoms with Gasteiger partial charge in [0.15, 0.2) is 6.29 Å². The van der Waals surface area contributed by atoms with E-state index < -0.39 is 71.6 Å². The number of ether oxygens (including phenoxy) is 5. The molecule has 2 fully saturated rings. The van der Waals surface area contributed by atoms with Gasteiger partial charge in [0, 0.05) is 30.7 Å². The zero-order chi connectivity index (χ0) is 40.1. The first-order valence-electron chi connectivity index (χ1n) is 19.7. The maximum absolute atomic E-state index is 13.8. The maximum atomic E-state index is 13.8. The van der Waals surface area contributed by atoms with Crippen LogP contribution < -0.4 is 0 Å². The van der Waals surface area contributed by atoms with Gasteiger partial charge < -0.3 is 43.9 Å². The van der Waals surface area contributed by atoms with Crippen molar-refractivity contribution in [2.24, 2.45) is 29.6 Å². The molecule has 14 atom stereocenters. The molecule has 304 valence electrons. The Morgan fingerprint density at radius 2 is 1.72 bits per heavy atom. The smallest absolute Gasteiger partial charge is 0.338 e. The molecule has 0 spiro atoms. The number of para-hydroxylation sites is 1. The normalized spacial score (nSPS) is 38.8. The zero-order valence-corrected chi connectivity index (χ0v) is 34.2. The Balaban J connectivity index is 1.65. The van der Waals surface area contributed by atoms with Gasteiger partial charge in [-0.05, 0) is 104 Å². The fourth-order valence-corrected chi connectivity index (χ4v) is 9.17. The number of nitrogens with zero attached hydrogens (tertiary/aromatic N) is 2. The van der Waals surface area contributed by atoms with Crippen molar-refractivity contribution in [3.05, 3.63) is 42.1 Å². The van der Waals surface area contributed by atoms with Gasteiger partial charge in [-0.25, -0.2) is 4.79 Å². The van der Waals surface area contributed by atoms with Gasteiger partial charge in [-0.3, -0.25) is 9.78 Å². The van der Waals surface area contributed by atoms with Gasteiger partial charge in [0.1, 0.15) is 17.8 Å². The van der Waals surface area contributed by atoms with E-state index in [1.54, 1.807) is 33.2 Å². The van der Waals surface area contributed by atoms with E-state index in [9.17, 15) is 24.9 Å². The summed E-state index contributed by atoms with van der Waals surface area (Å²) in [6.07, 6.45) is -1.07. The number of rotatable bonds is 9. The van der Waals surface area contributed by atoms with Crippen LogP contribution in [0.15, 0.2) is 36.5 Å². The molecule has 2 aliphatic heterocycles. The molecule has 54 heavy (non-hydrogen) atoms. The highest BCUT2D eigenvalue weighted by atomic mass is 16.7. The molecule has 1 aromatic heterocycles. The molecule has 0 bridgehead atoms. The van der Waals surface area contributed by atoms with Crippen molar-refractivity contribution < 1.29 is 48.6 Å². The monoisotopic (exact) mass is 758 g/mol. The minimum absolute atomic E-state index is 0.0260. The van der Waals surface area contributed by atoms with Gasteiger partial charge in [-0.1, -0.05) is 45.9 Å². The van der Waals surface area contributed by atoms with Gasteiger partial charge in [0.05, 0.1) is 47.5 Å². The van der Waals surface area contributed by atoms with E-state index in [2.05, 4.69) is 18.8 Å². The van der Waals surface area contributed by atoms with Gasteiger partial charge in [0.2, 0.25) is 0 Å². The van der Waals surface area contributed by atoms with Crippen molar-refractivity contribution in [2.45, 2.75) is 142 Å². The second-order valence-corrected chi connectivity index (χ2v) is 16.8. The minimum atomic E-state index is -1.50. The predicted octanol–water partition coefficient (Wildman–Crippen LogP) is 5.39. The molecule has 0 radical (unpaired) electrons. The number of methoxy groups -OCH3 is 1. The fourth-order valence-electron chi connectivity index (χ4n) is 9.17. The van der Waals surface area contributed by atoms with E-state index in [-0.39, 0.29) is 30.6 Å². The van der Waals surface area contributed by atoms with Crippen LogP contribution in [0.1, 0.15) is 97.9 Å². The number of likely N-dealkylation sites (N-methyl/N-ethyl adjacent to an activating group) is 1. The number of hydrogen-bond donors (Lipinski definition) is 3. The van der Waals surface area contributed by atoms with Gasteiger partial charge >= 0.3 is 11.9 Å². The van der Waals surface area contributed by atoms with Crippen LogP contribution in [0.25, 0.3) is 10.9 Å². The third-order valence-corrected chi connectivity index (χ3v) is 12.3. The van der Waals surface area contributed by atoms with Crippen molar-refractivity contribution in [2.75, 3.05) is 27.8 Å². The van der Waals surface area contributed by atoms with Gasteiger partial charge in [0.25, 0.3) is 0 Å². The highest BCUT2D eigenvalue weighted by Crippen LogP contribution is 2.42. The second-order valence-electron chi connectivity index (χ2n) is 16.8. The van der Waals surface area contributed by atoms with E-state index in [4.69, 9.17) is 23.7 Å². The third-order valence-electron chi connectivity index (χ3n) is 12.3. The lowest BCUT2D eigenvalue weighted by atomic mass is 9.70. The number of benzene rings is 1. The number of hydrogen-bond acceptors (Lipinski definition) is 12. The number of cyclic esters (lactones) is 1. The van der Waals surface area contributed by atoms with Crippen LogP contribution in [-0.2, 0) is 28.5 Å². The van der Waals surface area contributed by atoms with Crippen LogP contribution in [-0.4, -0.2) is 119 Å². The molecular weight excluding hydrogens is 692 g/mol. The molecule has 0 aliphatic carbocycles. The Bertz CT molecular complexity index is 1530. The molecule has 4 rings (SSSR count). The lowest BCUT2D eigenvalue weighted by Gasteiger charge is -2.48. The summed E-state index contributed by atoms with van der Waals surface area (Å²) in [4.78, 5) is 33.5. The quantitative estimate of drug-likeness (QED) is 0.281. The summed E-state index contributed by atoms with van der Waals surface area (Å²) in [7, 11) is 5.43. The number of pyridine rings is 1. The van der Waals surface area contributed by atoms with Crippen molar-refractivity contribution >= 4 is 22.8 Å². The summed E-state index contributed by atoms with van der Waals surface area (Å²) < 4.78 is 31.1. The number of aliphatic hydroxyl groups excluding tert-OH is 2. The topological polar surface area (TPSA) is 157 Å². The van der Waals surface area contributed by atoms with E-state index in [1.807, 2.05) is 71.0 Å². The Kier molecular flexibility index (Phi) is 15.1. The lowest BCUT2D eigenvalue weighted by molar-refractivity contribution is -0.301. The zero-order valence-electron chi connectivity index (χ0n) is 34.2. The largest absolute Gasteiger partial charge is 0.462 e. The van der Waals surface area contributed by atoms with E-state index in [0.29, 0.717) is 48.6 Å². The minimum Gasteiger partial charge on any atom is -0.462 e. The van der Waals surface area contributed by atoms with Crippen LogP contribution >= 0.6 is 0 Å². The predicted molar refractivity (Wildman–Crippen MR) is 206 cm³/mol. The van der Waals surface area contributed by atoms with Gasteiger partial charge in [-0.2, -0.15) is 0 Å². The van der Waals surface area contributed by atoms with Crippen molar-refractivity contribution in [3.63, 3.8) is 0 Å². The number of esters is 2. The Morgan fingerprint density at radius 3 is 2.37 bits per heavy atom. The third kappa shape index (κ3) is 9.80. The van der Waals surface area contributed by atoms with Gasteiger partial charge in [-0.15, -0.1) is 0 Å². The Hall–Kier alpha value is -2.71. The van der Waals surface area contributed by atoms with Crippen molar-refractivity contribution in [1.82, 2.24) is 9.88 Å². The first-order chi connectivity index (χ1) is 25.4. The average Bonchev–Trinajstić information content (AvgIpc) is 3.13. The summed E-state index contributed by atoms with van der Waals surface area (Å²) in [6, 6.07) is 8.81. The first kappa shape index (κ1) is 44.0. The number of fused-ring (bicyclic) bond motifs is 1. The summed E-state index contributed by atoms with van der Waals surface area (Å²) >= 11 is 0. The van der Waals surface area contributed by atoms with Crippen LogP contribution in [0.2, 0.25) is 0 Å². The van der Waals surface area contributed by atoms with Crippen molar-refractivity contribution in [3.8, 4) is 0 Å². The average molecular weight is 759 g/mol. The van der Waals surface area contributed by atoms with E-state index in [1.165, 1.54) is 0 Å². The van der Waals surface area contributed by atoms with E-state index >= 15 is 0 Å². The molecular formula is C42H66N2O10. The standard InChI is InChI=1S/C42H66N2O10/c1-12-34-42(8,49)31(18-20-51-39(48)30-17-19-43-32-16-14-13-15-29(30)32)25(3)21-24(2)23-41(7,50-11)37(27(5)35(45)28(6)38(47)53-34)54-40-36(46)33(44(9)10)22-26(4)52-40/h13-17,19,24-28,31,33-37,40,45-46,49H,12,18,20-23H2,1-11H3/t24-,25?,26+,27-,28+,31+,33-,34+,35-,36+,37+,40-,41+,42-/m0/s1. The second kappa shape index (κ2) is 18.5. The van der Waals surface area contributed by atoms with Crippen LogP contribution in [0, 0.1) is 29.6 Å². The summed E-state index contributed by atoms with van der Waals surface area (Å²) in [5.41, 5.74) is -1.38. The molecule has 1 aromatic carbocycles. The molecule has 2 aliphatic rings. The number of carbonyl (C=O) groups is 2. The summed E-state index contributed by atoms with van der Waals surface area (Å²) in [6.45, 7) is 15.1. The van der Waals surface area contributed by atoms with E-state index in [0.717, 1.165) is 0 Å². The van der Waals surface area contributed by atoms with Crippen molar-refractivity contribution in [1.29, 1.82) is 0 Å². The molecule has 0 amide bonds. The highest BCUT2D eigenvalue weighted by molar-refractivity contribution is 6.03. The lowest BCUT2D eigenvalue weighted by Crippen LogP contribution is -2.59. The molecule has 2 aromatic rings. The van der Waals surface area contributed by atoms with Crippen LogP contribution in [0.5, 0.6) is 0 Å². The Labute approximate surface area is 321 Å². The molecule has 3 N–H and O–H groups in total. The molecule has 0 saturated carbocycles. The number of carbonyl (C=O) groups excluding carboxylic acids is 2. The summed E-state index contributed by atoms with van der Waals surface area (Å²) in [5.74, 6) is -3.31. The molecule has 3 heterocycles. The molecule has 2 saturated heterocycles. The molecule has 12 nitrogen and oxygen atoms in total. The van der Waals surface area contributed by atoms with Crippen LogP contribution in [0.4, 0.5) is 0 Å². The van der Waals surface area contributed by atoms with Crippen LogP contribution in [0.3, 0.4) is 0 Å².